The van der Waals surface area contributed by atoms with Gasteiger partial charge in [0.05, 0.1) is 18.2 Å². The monoisotopic (exact) mass is 612 g/mol. The number of rotatable bonds is 1. The van der Waals surface area contributed by atoms with Crippen molar-refractivity contribution in [2.45, 2.75) is 75.6 Å². The molecule has 2 N–H and O–H groups in total. The van der Waals surface area contributed by atoms with Crippen LogP contribution in [0.25, 0.3) is 6.08 Å². The molecule has 2 fully saturated rings. The van der Waals surface area contributed by atoms with Crippen LogP contribution in [0.2, 0.25) is 0 Å². The van der Waals surface area contributed by atoms with E-state index in [1.165, 1.54) is 6.07 Å². The zero-order valence-corrected chi connectivity index (χ0v) is 26.8. The fraction of sp³-hybridized carbons (Fsp3) is 0.515. The molecule has 4 radical (unpaired) electrons. The number of hydrogen-bond donors (Lipinski definition) is 3. The van der Waals surface area contributed by atoms with Crippen LogP contribution in [0.4, 0.5) is 20.4 Å². The van der Waals surface area contributed by atoms with E-state index in [1.54, 1.807) is 12.1 Å². The van der Waals surface area contributed by atoms with Gasteiger partial charge in [-0.25, -0.2) is 18.7 Å². The maximum Gasteiger partial charge on any atom is 0.273 e. The molecule has 228 valence electrons. The van der Waals surface area contributed by atoms with Crippen molar-refractivity contribution in [2.75, 3.05) is 29.9 Å². The van der Waals surface area contributed by atoms with Gasteiger partial charge >= 0.3 is 0 Å². The lowest BCUT2D eigenvalue weighted by atomic mass is 9.71. The molecule has 2 atom stereocenters. The molecule has 2 aromatic rings. The highest BCUT2D eigenvalue weighted by molar-refractivity contribution is 7.83. The van der Waals surface area contributed by atoms with E-state index in [0.29, 0.717) is 67.9 Å². The molecule has 1 aromatic carbocycles. The molecule has 6 nitrogen and oxygen atoms in total. The summed E-state index contributed by atoms with van der Waals surface area (Å²) in [5.41, 5.74) is 3.08. The summed E-state index contributed by atoms with van der Waals surface area (Å²) in [6, 6.07) is 6.65. The van der Waals surface area contributed by atoms with Gasteiger partial charge in [-0.2, -0.15) is 12.6 Å². The van der Waals surface area contributed by atoms with Crippen LogP contribution in [0.5, 0.6) is 0 Å². The second kappa shape index (κ2) is 10.9. The second-order valence-corrected chi connectivity index (χ2v) is 14.2. The highest BCUT2D eigenvalue weighted by Gasteiger charge is 2.48. The molecule has 1 aliphatic carbocycles. The summed E-state index contributed by atoms with van der Waals surface area (Å²) in [6.45, 7) is 17.0. The van der Waals surface area contributed by atoms with Crippen LogP contribution in [-0.2, 0) is 12.5 Å². The first-order valence-electron chi connectivity index (χ1n) is 15.4. The van der Waals surface area contributed by atoms with Gasteiger partial charge in [-0.05, 0) is 72.7 Å². The van der Waals surface area contributed by atoms with E-state index in [4.69, 9.17) is 38.3 Å². The SMILES string of the molecule is [B]C1(C)CCNC(=C)C([B])(S)N2C(=C)C(C3(C)CC3)=Cc3c(nc(C)nc32)NCc2cccc(c2)C(F)(F)CCC2CN1C2. The van der Waals surface area contributed by atoms with Crippen LogP contribution < -0.4 is 15.5 Å². The van der Waals surface area contributed by atoms with Crippen LogP contribution in [0.3, 0.4) is 0 Å². The van der Waals surface area contributed by atoms with Gasteiger partial charge in [0, 0.05) is 49.6 Å². The predicted molar refractivity (Wildman–Crippen MR) is 179 cm³/mol. The van der Waals surface area contributed by atoms with Crippen molar-refractivity contribution in [3.05, 3.63) is 76.9 Å². The van der Waals surface area contributed by atoms with Gasteiger partial charge in [0.25, 0.3) is 5.92 Å². The topological polar surface area (TPSA) is 56.3 Å². The Kier molecular flexibility index (Phi) is 7.76. The number of hydrogen-bond acceptors (Lipinski definition) is 7. The molecule has 0 amide bonds. The minimum absolute atomic E-state index is 0.0299. The fourth-order valence-electron chi connectivity index (χ4n) is 6.51. The van der Waals surface area contributed by atoms with Crippen molar-refractivity contribution in [1.82, 2.24) is 20.2 Å². The average molecular weight is 612 g/mol. The van der Waals surface area contributed by atoms with E-state index in [1.807, 2.05) is 24.8 Å². The molecule has 1 aromatic heterocycles. The first-order valence-corrected chi connectivity index (χ1v) is 15.9. The minimum Gasteiger partial charge on any atom is -0.387 e. The molecule has 7 rings (SSSR count). The number of anilines is 2. The third kappa shape index (κ3) is 5.70. The van der Waals surface area contributed by atoms with E-state index in [-0.39, 0.29) is 23.3 Å². The number of allylic oxidation sites excluding steroid dienone is 1. The molecule has 2 unspecified atom stereocenters. The van der Waals surface area contributed by atoms with Gasteiger partial charge in [0.2, 0.25) is 0 Å². The Morgan fingerprint density at radius 3 is 2.48 bits per heavy atom. The van der Waals surface area contributed by atoms with E-state index in [2.05, 4.69) is 41.7 Å². The lowest BCUT2D eigenvalue weighted by Gasteiger charge is -2.50. The Hall–Kier alpha value is -2.78. The Morgan fingerprint density at radius 2 is 1.77 bits per heavy atom. The number of aromatic nitrogens is 2. The normalized spacial score (nSPS) is 31.4. The molecule has 1 saturated heterocycles. The zero-order valence-electron chi connectivity index (χ0n) is 25.9. The van der Waals surface area contributed by atoms with E-state index < -0.39 is 16.1 Å². The predicted octanol–water partition coefficient (Wildman–Crippen LogP) is 5.86. The largest absolute Gasteiger partial charge is 0.387 e. The van der Waals surface area contributed by atoms with Crippen LogP contribution in [0.1, 0.15) is 68.5 Å². The van der Waals surface area contributed by atoms with Crippen LogP contribution in [0.15, 0.2) is 54.4 Å². The van der Waals surface area contributed by atoms with Gasteiger partial charge in [0.15, 0.2) is 0 Å². The zero-order chi connectivity index (χ0) is 31.7. The number of halogens is 2. The molecule has 5 aliphatic rings. The van der Waals surface area contributed by atoms with Crippen molar-refractivity contribution in [3.8, 4) is 0 Å². The van der Waals surface area contributed by atoms with Crippen molar-refractivity contribution >= 4 is 46.0 Å². The summed E-state index contributed by atoms with van der Waals surface area (Å²) in [5.74, 6) is -1.08. The summed E-state index contributed by atoms with van der Waals surface area (Å²) in [5, 5.41) is 6.78. The molecule has 4 aliphatic heterocycles. The molecule has 0 spiro atoms. The Bertz CT molecular complexity index is 1530. The van der Waals surface area contributed by atoms with Gasteiger partial charge < -0.3 is 20.4 Å². The van der Waals surface area contributed by atoms with Crippen LogP contribution >= 0.6 is 12.6 Å². The van der Waals surface area contributed by atoms with E-state index in [0.717, 1.165) is 29.5 Å². The molecular weight excluding hydrogens is 572 g/mol. The fourth-order valence-corrected chi connectivity index (χ4v) is 6.81. The van der Waals surface area contributed by atoms with Crippen molar-refractivity contribution < 1.29 is 8.78 Å². The summed E-state index contributed by atoms with van der Waals surface area (Å²) in [6.07, 6.45) is 4.97. The number of aryl methyl sites for hydroxylation is 1. The highest BCUT2D eigenvalue weighted by atomic mass is 32.1. The smallest absolute Gasteiger partial charge is 0.273 e. The standard InChI is InChI=1S/C33H40B2F2N6S/c1-20-27(30(4)11-12-30)16-26-28-39-17-23-7-6-8-25(15-23)32(36,37)10-9-24-18-42(19-24)31(5,34)13-14-38-21(2)33(35,44)43(20)29(26)41-22(3)40-28/h6-8,15-16,24,38,44H,1-2,9-14,17-19H2,3-5H3,(H,39,40,41). The number of fused-ring (bicyclic) bond motifs is 8. The molecule has 11 heteroatoms. The quantitative estimate of drug-likeness (QED) is 0.277. The lowest BCUT2D eigenvalue weighted by molar-refractivity contribution is -0.0365. The van der Waals surface area contributed by atoms with Gasteiger partial charge in [0.1, 0.15) is 25.3 Å². The van der Waals surface area contributed by atoms with Crippen molar-refractivity contribution in [1.29, 1.82) is 0 Å². The first kappa shape index (κ1) is 31.2. The Morgan fingerprint density at radius 1 is 1.05 bits per heavy atom. The number of benzene rings is 1. The van der Waals surface area contributed by atoms with Crippen molar-refractivity contribution in [2.24, 2.45) is 11.3 Å². The van der Waals surface area contributed by atoms with Crippen LogP contribution in [0, 0.1) is 18.3 Å². The molecule has 5 heterocycles. The Labute approximate surface area is 268 Å². The average Bonchev–Trinajstić information content (AvgIpc) is 3.67. The Balaban J connectivity index is 1.41. The number of nitrogens with zero attached hydrogens (tertiary/aromatic N) is 4. The number of alkyl halides is 2. The second-order valence-electron chi connectivity index (χ2n) is 13.6. The molecular formula is C33H40B2F2N6S. The maximum absolute atomic E-state index is 15.4. The van der Waals surface area contributed by atoms with Gasteiger partial charge in [-0.15, -0.1) is 0 Å². The third-order valence-corrected chi connectivity index (χ3v) is 10.3. The summed E-state index contributed by atoms with van der Waals surface area (Å²) in [7, 11) is 13.7. The number of thiol groups is 1. The summed E-state index contributed by atoms with van der Waals surface area (Å²) >= 11 is 4.98. The number of nitrogens with one attached hydrogen (secondary N) is 2. The van der Waals surface area contributed by atoms with E-state index >= 15 is 8.78 Å². The molecule has 1 saturated carbocycles. The summed E-state index contributed by atoms with van der Waals surface area (Å²) < 4.78 is 29.4. The van der Waals surface area contributed by atoms with Crippen LogP contribution in [-0.4, -0.2) is 60.4 Å². The molecule has 8 bridgehead atoms. The molecule has 44 heavy (non-hydrogen) atoms. The highest BCUT2D eigenvalue weighted by Crippen LogP contribution is 2.58. The lowest BCUT2D eigenvalue weighted by Crippen LogP contribution is -2.60. The first-order chi connectivity index (χ1) is 20.6. The van der Waals surface area contributed by atoms with E-state index in [9.17, 15) is 0 Å². The van der Waals surface area contributed by atoms with Crippen molar-refractivity contribution in [3.63, 3.8) is 0 Å². The van der Waals surface area contributed by atoms with Gasteiger partial charge in [-0.1, -0.05) is 45.2 Å². The summed E-state index contributed by atoms with van der Waals surface area (Å²) in [4.78, 5) is 13.5. The minimum atomic E-state index is -2.93. The van der Waals surface area contributed by atoms with Gasteiger partial charge in [-0.3, -0.25) is 0 Å². The third-order valence-electron chi connectivity index (χ3n) is 9.88. The maximum atomic E-state index is 15.4.